The van der Waals surface area contributed by atoms with Crippen LogP contribution in [0.25, 0.3) is 0 Å². The molecule has 2 aromatic rings. The van der Waals surface area contributed by atoms with Crippen molar-refractivity contribution in [3.63, 3.8) is 0 Å². The normalized spacial score (nSPS) is 11.3. The van der Waals surface area contributed by atoms with Gasteiger partial charge in [-0.3, -0.25) is 0 Å². The van der Waals surface area contributed by atoms with Crippen LogP contribution in [0.2, 0.25) is 5.02 Å². The number of unbranched alkanes of at least 4 members (excludes halogenated alkanes) is 1. The lowest BCUT2D eigenvalue weighted by Gasteiger charge is -2.23. The first-order chi connectivity index (χ1) is 12.3. The molecule has 0 heterocycles. The van der Waals surface area contributed by atoms with E-state index >= 15 is 0 Å². The summed E-state index contributed by atoms with van der Waals surface area (Å²) in [6, 6.07) is 11.8. The molecule has 140 valence electrons. The molecule has 1 N–H and O–H groups in total. The molecule has 3 nitrogen and oxygen atoms in total. The van der Waals surface area contributed by atoms with Crippen molar-refractivity contribution in [3.05, 3.63) is 64.7 Å². The van der Waals surface area contributed by atoms with Gasteiger partial charge in [-0.25, -0.2) is 4.79 Å². The lowest BCUT2D eigenvalue weighted by Crippen LogP contribution is -2.35. The van der Waals surface area contributed by atoms with Crippen molar-refractivity contribution in [3.8, 4) is 0 Å². The second-order valence-corrected chi connectivity index (χ2v) is 6.29. The molecule has 0 aliphatic carbocycles. The van der Waals surface area contributed by atoms with Gasteiger partial charge in [0.1, 0.15) is 0 Å². The molecule has 7 heteroatoms. The van der Waals surface area contributed by atoms with E-state index < -0.39 is 17.8 Å². The third-order valence-electron chi connectivity index (χ3n) is 3.82. The van der Waals surface area contributed by atoms with E-state index in [1.165, 1.54) is 0 Å². The largest absolute Gasteiger partial charge is 0.416 e. The quantitative estimate of drug-likeness (QED) is 0.632. The molecule has 0 spiro atoms. The fourth-order valence-electron chi connectivity index (χ4n) is 2.40. The van der Waals surface area contributed by atoms with Crippen molar-refractivity contribution in [2.75, 3.05) is 11.9 Å². The topological polar surface area (TPSA) is 32.3 Å². The number of rotatable bonds is 6. The summed E-state index contributed by atoms with van der Waals surface area (Å²) in [6.45, 7) is 2.86. The molecule has 26 heavy (non-hydrogen) atoms. The van der Waals surface area contributed by atoms with Crippen molar-refractivity contribution >= 4 is 23.3 Å². The summed E-state index contributed by atoms with van der Waals surface area (Å²) >= 11 is 5.96. The second-order valence-electron chi connectivity index (χ2n) is 5.88. The van der Waals surface area contributed by atoms with Crippen LogP contribution < -0.4 is 5.32 Å². The van der Waals surface area contributed by atoms with Crippen LogP contribution in [0.1, 0.15) is 30.9 Å². The Balaban J connectivity index is 2.18. The van der Waals surface area contributed by atoms with Gasteiger partial charge >= 0.3 is 12.2 Å². The Labute approximate surface area is 155 Å². The predicted molar refractivity (Wildman–Crippen MR) is 97.2 cm³/mol. The van der Waals surface area contributed by atoms with Crippen LogP contribution in [-0.4, -0.2) is 17.5 Å². The van der Waals surface area contributed by atoms with Crippen molar-refractivity contribution in [2.45, 2.75) is 32.5 Å². The number of amides is 2. The van der Waals surface area contributed by atoms with Crippen LogP contribution in [0.3, 0.4) is 0 Å². The molecule has 0 aliphatic rings. The van der Waals surface area contributed by atoms with Crippen molar-refractivity contribution in [2.24, 2.45) is 0 Å². The van der Waals surface area contributed by atoms with Gasteiger partial charge in [0.25, 0.3) is 0 Å². The first kappa shape index (κ1) is 20.1. The SMILES string of the molecule is CCCCN(Cc1ccccc1)C(=O)Nc1cc(C(F)(F)F)ccc1Cl. The highest BCUT2D eigenvalue weighted by Crippen LogP contribution is 2.34. The lowest BCUT2D eigenvalue weighted by atomic mass is 10.2. The first-order valence-electron chi connectivity index (χ1n) is 8.28. The number of benzene rings is 2. The van der Waals surface area contributed by atoms with Crippen LogP contribution in [0, 0.1) is 0 Å². The number of alkyl halides is 3. The summed E-state index contributed by atoms with van der Waals surface area (Å²) < 4.78 is 38.7. The van der Waals surface area contributed by atoms with Crippen molar-refractivity contribution in [1.82, 2.24) is 4.90 Å². The number of carbonyl (C=O) groups excluding carboxylic acids is 1. The van der Waals surface area contributed by atoms with Gasteiger partial charge in [0.2, 0.25) is 0 Å². The Morgan fingerprint density at radius 2 is 1.85 bits per heavy atom. The monoisotopic (exact) mass is 384 g/mol. The Morgan fingerprint density at radius 3 is 2.46 bits per heavy atom. The summed E-state index contributed by atoms with van der Waals surface area (Å²) in [5.41, 5.74) is 0.0234. The molecule has 0 atom stereocenters. The summed E-state index contributed by atoms with van der Waals surface area (Å²) in [6.07, 6.45) is -2.82. The molecule has 0 radical (unpaired) electrons. The first-order valence-corrected chi connectivity index (χ1v) is 8.65. The van der Waals surface area contributed by atoms with E-state index in [1.807, 2.05) is 37.3 Å². The fraction of sp³-hybridized carbons (Fsp3) is 0.316. The summed E-state index contributed by atoms with van der Waals surface area (Å²) in [4.78, 5) is 14.2. The highest BCUT2D eigenvalue weighted by molar-refractivity contribution is 6.33. The van der Waals surface area contributed by atoms with Gasteiger partial charge in [0, 0.05) is 13.1 Å². The van der Waals surface area contributed by atoms with Gasteiger partial charge in [0.15, 0.2) is 0 Å². The lowest BCUT2D eigenvalue weighted by molar-refractivity contribution is -0.137. The van der Waals surface area contributed by atoms with Crippen LogP contribution in [-0.2, 0) is 12.7 Å². The smallest absolute Gasteiger partial charge is 0.320 e. The van der Waals surface area contributed by atoms with Gasteiger partial charge in [0.05, 0.1) is 16.3 Å². The summed E-state index contributed by atoms with van der Waals surface area (Å²) in [5, 5.41) is 2.56. The van der Waals surface area contributed by atoms with Crippen LogP contribution in [0.15, 0.2) is 48.5 Å². The third kappa shape index (κ3) is 5.66. The van der Waals surface area contributed by atoms with Crippen molar-refractivity contribution in [1.29, 1.82) is 0 Å². The van der Waals surface area contributed by atoms with E-state index in [0.717, 1.165) is 36.6 Å². The second kappa shape index (κ2) is 8.94. The predicted octanol–water partition coefficient (Wildman–Crippen LogP) is 6.19. The molecule has 0 aromatic heterocycles. The summed E-state index contributed by atoms with van der Waals surface area (Å²) in [5.74, 6) is 0. The average Bonchev–Trinajstić information content (AvgIpc) is 2.60. The number of hydrogen-bond acceptors (Lipinski definition) is 1. The molecule has 2 aromatic carbocycles. The Morgan fingerprint density at radius 1 is 1.15 bits per heavy atom. The van der Waals surface area contributed by atoms with Crippen molar-refractivity contribution < 1.29 is 18.0 Å². The number of anilines is 1. The average molecular weight is 385 g/mol. The standard InChI is InChI=1S/C19H20ClF3N2O/c1-2-3-11-25(13-14-7-5-4-6-8-14)18(26)24-17-12-15(19(21,22)23)9-10-16(17)20/h4-10,12H,2-3,11,13H2,1H3,(H,24,26). The van der Waals surface area contributed by atoms with Crippen LogP contribution >= 0.6 is 11.6 Å². The third-order valence-corrected chi connectivity index (χ3v) is 4.15. The zero-order valence-corrected chi connectivity index (χ0v) is 15.1. The molecular formula is C19H20ClF3N2O. The minimum atomic E-state index is -4.50. The van der Waals surface area contributed by atoms with E-state index in [1.54, 1.807) is 4.90 Å². The summed E-state index contributed by atoms with van der Waals surface area (Å²) in [7, 11) is 0. The Hall–Kier alpha value is -2.21. The zero-order chi connectivity index (χ0) is 19.2. The van der Waals surface area contributed by atoms with E-state index in [-0.39, 0.29) is 10.7 Å². The maximum atomic E-state index is 12.9. The number of nitrogens with one attached hydrogen (secondary N) is 1. The molecular weight excluding hydrogens is 365 g/mol. The number of urea groups is 1. The number of carbonyl (C=O) groups is 1. The van der Waals surface area contributed by atoms with Gasteiger partial charge in [-0.1, -0.05) is 55.3 Å². The maximum absolute atomic E-state index is 12.9. The molecule has 0 bridgehead atoms. The van der Waals surface area contributed by atoms with E-state index in [9.17, 15) is 18.0 Å². The highest BCUT2D eigenvalue weighted by atomic mass is 35.5. The van der Waals surface area contributed by atoms with Crippen LogP contribution in [0.5, 0.6) is 0 Å². The van der Waals surface area contributed by atoms with Crippen LogP contribution in [0.4, 0.5) is 23.7 Å². The highest BCUT2D eigenvalue weighted by Gasteiger charge is 2.31. The Kier molecular flexibility index (Phi) is 6.91. The fourth-order valence-corrected chi connectivity index (χ4v) is 2.56. The minimum Gasteiger partial charge on any atom is -0.320 e. The molecule has 0 saturated heterocycles. The molecule has 2 amide bonds. The number of hydrogen-bond donors (Lipinski definition) is 1. The van der Waals surface area contributed by atoms with E-state index in [4.69, 9.17) is 11.6 Å². The number of nitrogens with zero attached hydrogens (tertiary/aromatic N) is 1. The van der Waals surface area contributed by atoms with Gasteiger partial charge < -0.3 is 10.2 Å². The minimum absolute atomic E-state index is 0.0546. The molecule has 2 rings (SSSR count). The van der Waals surface area contributed by atoms with E-state index in [0.29, 0.717) is 13.1 Å². The molecule has 0 aliphatic heterocycles. The Bertz CT molecular complexity index is 735. The van der Waals surface area contributed by atoms with Gasteiger partial charge in [-0.15, -0.1) is 0 Å². The van der Waals surface area contributed by atoms with E-state index in [2.05, 4.69) is 5.32 Å². The molecule has 0 saturated carbocycles. The zero-order valence-electron chi connectivity index (χ0n) is 14.3. The molecule has 0 fully saturated rings. The van der Waals surface area contributed by atoms with Gasteiger partial charge in [-0.05, 0) is 30.2 Å². The maximum Gasteiger partial charge on any atom is 0.416 e. The molecule has 0 unspecified atom stereocenters. The number of halogens is 4. The van der Waals surface area contributed by atoms with Gasteiger partial charge in [-0.2, -0.15) is 13.2 Å².